The number of hydrogen-bond acceptors (Lipinski definition) is 3. The van der Waals surface area contributed by atoms with Crippen molar-refractivity contribution in [3.05, 3.63) is 0 Å². The Morgan fingerprint density at radius 2 is 1.30 bits per heavy atom. The van der Waals surface area contributed by atoms with Crippen molar-refractivity contribution < 1.29 is 0 Å². The number of nitrogens with one attached hydrogen (secondary N) is 4. The van der Waals surface area contributed by atoms with E-state index in [0.29, 0.717) is 18.0 Å². The molecule has 0 atom stereocenters. The Morgan fingerprint density at radius 1 is 0.879 bits per heavy atom. The second-order valence-electron chi connectivity index (χ2n) is 13.1. The summed E-state index contributed by atoms with van der Waals surface area (Å²) in [5.41, 5.74) is 0.199. The Hall–Kier alpha value is -1.34. The molecule has 0 aromatic carbocycles. The highest BCUT2D eigenvalue weighted by molar-refractivity contribution is 5.93. The minimum atomic E-state index is 0.0375. The van der Waals surface area contributed by atoms with E-state index < -0.39 is 0 Å². The van der Waals surface area contributed by atoms with Gasteiger partial charge in [0.2, 0.25) is 11.9 Å². The molecule has 0 bridgehead atoms. The fourth-order valence-corrected chi connectivity index (χ4v) is 6.47. The third-order valence-electron chi connectivity index (χ3n) is 7.12. The molecule has 2 aliphatic rings. The first kappa shape index (κ1) is 27.9. The van der Waals surface area contributed by atoms with Crippen molar-refractivity contribution in [1.82, 2.24) is 25.8 Å². The monoisotopic (exact) mass is 463 g/mol. The molecule has 192 valence electrons. The molecular weight excluding hydrogens is 410 g/mol. The summed E-state index contributed by atoms with van der Waals surface area (Å²) < 4.78 is 0. The van der Waals surface area contributed by atoms with Crippen LogP contribution in [-0.4, -0.2) is 76.6 Å². The van der Waals surface area contributed by atoms with Crippen LogP contribution in [0.2, 0.25) is 0 Å². The largest absolute Gasteiger partial charge is 0.359 e. The third kappa shape index (κ3) is 7.84. The number of guanidine groups is 2. The standard InChI is InChI=1S/C26H53N7/c1-12-13-14-33(20-17-25(6,7)31-26(8,9)18-20)21(27)29-22(28-10)32(11)19-15-23(2,3)30-24(4,5)16-19/h19-20,30-31H,12-18H2,1-11H3,(H2,27,28,29). The lowest BCUT2D eigenvalue weighted by molar-refractivity contribution is 0.101. The molecule has 0 radical (unpaired) electrons. The summed E-state index contributed by atoms with van der Waals surface area (Å²) in [5, 5.41) is 19.9. The van der Waals surface area contributed by atoms with Gasteiger partial charge in [0.05, 0.1) is 0 Å². The van der Waals surface area contributed by atoms with Crippen LogP contribution in [0.4, 0.5) is 0 Å². The average Bonchev–Trinajstić information content (AvgIpc) is 2.60. The number of aliphatic imine (C=N–C) groups is 1. The predicted octanol–water partition coefficient (Wildman–Crippen LogP) is 4.15. The Kier molecular flexibility index (Phi) is 8.55. The van der Waals surface area contributed by atoms with E-state index in [4.69, 9.17) is 10.4 Å². The van der Waals surface area contributed by atoms with Gasteiger partial charge in [-0.15, -0.1) is 0 Å². The highest BCUT2D eigenvalue weighted by Crippen LogP contribution is 2.33. The molecule has 7 heteroatoms. The summed E-state index contributed by atoms with van der Waals surface area (Å²) in [6.07, 6.45) is 6.29. The molecule has 2 rings (SSSR count). The second-order valence-corrected chi connectivity index (χ2v) is 13.1. The summed E-state index contributed by atoms with van der Waals surface area (Å²) in [7, 11) is 4.05. The van der Waals surface area contributed by atoms with E-state index in [0.717, 1.165) is 51.0 Å². The summed E-state index contributed by atoms with van der Waals surface area (Å²) >= 11 is 0. The van der Waals surface area contributed by atoms with Crippen molar-refractivity contribution >= 4 is 11.9 Å². The van der Waals surface area contributed by atoms with Crippen LogP contribution in [-0.2, 0) is 0 Å². The second kappa shape index (κ2) is 10.1. The highest BCUT2D eigenvalue weighted by Gasteiger charge is 2.42. The normalized spacial score (nSPS) is 24.9. The van der Waals surface area contributed by atoms with Crippen LogP contribution in [0.15, 0.2) is 4.99 Å². The molecule has 0 spiro atoms. The first-order valence-corrected chi connectivity index (χ1v) is 12.9. The summed E-state index contributed by atoms with van der Waals surface area (Å²) in [6.45, 7) is 21.3. The molecule has 2 aliphatic heterocycles. The molecule has 0 unspecified atom stereocenters. The van der Waals surface area contributed by atoms with E-state index in [1.807, 2.05) is 7.05 Å². The zero-order valence-corrected chi connectivity index (χ0v) is 23.4. The van der Waals surface area contributed by atoms with E-state index in [1.165, 1.54) is 0 Å². The molecule has 33 heavy (non-hydrogen) atoms. The molecule has 4 N–H and O–H groups in total. The zero-order chi connectivity index (χ0) is 25.2. The van der Waals surface area contributed by atoms with E-state index in [-0.39, 0.29) is 22.2 Å². The van der Waals surface area contributed by atoms with Crippen molar-refractivity contribution in [3.63, 3.8) is 0 Å². The van der Waals surface area contributed by atoms with Crippen LogP contribution in [0.5, 0.6) is 0 Å². The Labute approximate surface area is 204 Å². The number of rotatable bonds is 5. The van der Waals surface area contributed by atoms with Crippen molar-refractivity contribution in [1.29, 1.82) is 5.41 Å². The molecule has 0 amide bonds. The maximum Gasteiger partial charge on any atom is 0.221 e. The summed E-state index contributed by atoms with van der Waals surface area (Å²) in [6, 6.07) is 0.662. The Morgan fingerprint density at radius 3 is 1.70 bits per heavy atom. The fourth-order valence-electron chi connectivity index (χ4n) is 6.47. The zero-order valence-electron chi connectivity index (χ0n) is 23.4. The predicted molar refractivity (Wildman–Crippen MR) is 142 cm³/mol. The number of hydrogen-bond donors (Lipinski definition) is 4. The maximum absolute atomic E-state index is 9.06. The van der Waals surface area contributed by atoms with E-state index in [2.05, 4.69) is 95.1 Å². The summed E-state index contributed by atoms with van der Waals surface area (Å²) in [4.78, 5) is 9.41. The van der Waals surface area contributed by atoms with Crippen molar-refractivity contribution in [3.8, 4) is 0 Å². The van der Waals surface area contributed by atoms with Crippen LogP contribution in [0.1, 0.15) is 101 Å². The number of nitrogens with zero attached hydrogens (tertiary/aromatic N) is 3. The van der Waals surface area contributed by atoms with Gasteiger partial charge >= 0.3 is 0 Å². The quantitative estimate of drug-likeness (QED) is 0.364. The first-order valence-electron chi connectivity index (χ1n) is 12.9. The topological polar surface area (TPSA) is 78.8 Å². The molecule has 0 saturated carbocycles. The molecule has 0 aliphatic carbocycles. The molecule has 0 aromatic heterocycles. The SMILES string of the molecule is CCCCN(C(=N)/N=C(\NC)N(C)C1CC(C)(C)NC(C)(C)C1)C1CC(C)(C)NC(C)(C)C1. The van der Waals surface area contributed by atoms with Crippen molar-refractivity contribution in [2.45, 2.75) is 135 Å². The highest BCUT2D eigenvalue weighted by atomic mass is 15.4. The van der Waals surface area contributed by atoms with E-state index in [9.17, 15) is 0 Å². The van der Waals surface area contributed by atoms with Crippen LogP contribution < -0.4 is 16.0 Å². The Bertz CT molecular complexity index is 675. The van der Waals surface area contributed by atoms with E-state index in [1.54, 1.807) is 0 Å². The smallest absolute Gasteiger partial charge is 0.221 e. The van der Waals surface area contributed by atoms with Crippen LogP contribution in [0, 0.1) is 5.41 Å². The van der Waals surface area contributed by atoms with Gasteiger partial charge in [0, 0.05) is 54.9 Å². The minimum absolute atomic E-state index is 0.0375. The van der Waals surface area contributed by atoms with Crippen LogP contribution in [0.3, 0.4) is 0 Å². The molecule has 0 aromatic rings. The minimum Gasteiger partial charge on any atom is -0.359 e. The summed E-state index contributed by atoms with van der Waals surface area (Å²) in [5.74, 6) is 1.16. The van der Waals surface area contributed by atoms with Gasteiger partial charge in [-0.05, 0) is 87.5 Å². The third-order valence-corrected chi connectivity index (χ3v) is 7.12. The lowest BCUT2D eigenvalue weighted by Gasteiger charge is -2.50. The molecule has 7 nitrogen and oxygen atoms in total. The van der Waals surface area contributed by atoms with Crippen molar-refractivity contribution in [2.75, 3.05) is 20.6 Å². The van der Waals surface area contributed by atoms with Gasteiger partial charge in [-0.2, -0.15) is 4.99 Å². The first-order chi connectivity index (χ1) is 15.0. The van der Waals surface area contributed by atoms with Crippen LogP contribution >= 0.6 is 0 Å². The average molecular weight is 464 g/mol. The molecule has 2 fully saturated rings. The van der Waals surface area contributed by atoms with Gasteiger partial charge in [-0.1, -0.05) is 13.3 Å². The molecule has 2 heterocycles. The molecular formula is C26H53N7. The lowest BCUT2D eigenvalue weighted by atomic mass is 9.79. The lowest BCUT2D eigenvalue weighted by Crippen LogP contribution is -2.63. The number of piperidine rings is 2. The van der Waals surface area contributed by atoms with Gasteiger partial charge in [-0.3, -0.25) is 5.41 Å². The molecule has 2 saturated heterocycles. The van der Waals surface area contributed by atoms with Crippen molar-refractivity contribution in [2.24, 2.45) is 4.99 Å². The maximum atomic E-state index is 9.06. The van der Waals surface area contributed by atoms with Gasteiger partial charge < -0.3 is 25.8 Å². The van der Waals surface area contributed by atoms with Gasteiger partial charge in [0.15, 0.2) is 0 Å². The Balaban J connectivity index is 2.28. The number of unbranched alkanes of at least 4 members (excludes halogenated alkanes) is 1. The van der Waals surface area contributed by atoms with Gasteiger partial charge in [0.1, 0.15) is 0 Å². The fraction of sp³-hybridized carbons (Fsp3) is 0.923. The van der Waals surface area contributed by atoms with Crippen LogP contribution in [0.25, 0.3) is 0 Å². The van der Waals surface area contributed by atoms with E-state index >= 15 is 0 Å². The van der Waals surface area contributed by atoms with Gasteiger partial charge in [0.25, 0.3) is 0 Å². The van der Waals surface area contributed by atoms with Gasteiger partial charge in [-0.25, -0.2) is 0 Å².